The first-order valence-corrected chi connectivity index (χ1v) is 10.5. The van der Waals surface area contributed by atoms with E-state index in [1.54, 1.807) is 32.4 Å². The van der Waals surface area contributed by atoms with Gasteiger partial charge in [-0.1, -0.05) is 29.4 Å². The van der Waals surface area contributed by atoms with Crippen LogP contribution in [0.4, 0.5) is 10.3 Å². The van der Waals surface area contributed by atoms with E-state index in [9.17, 15) is 9.18 Å². The number of fused-ring (bicyclic) bond motifs is 1. The van der Waals surface area contributed by atoms with Gasteiger partial charge < -0.3 is 19.3 Å². The van der Waals surface area contributed by atoms with Crippen molar-refractivity contribution in [2.75, 3.05) is 19.5 Å². The second-order valence-electron chi connectivity index (χ2n) is 8.13. The molecule has 0 unspecified atom stereocenters. The van der Waals surface area contributed by atoms with Crippen molar-refractivity contribution in [2.24, 2.45) is 0 Å². The molecule has 7 heteroatoms. The third-order valence-corrected chi connectivity index (χ3v) is 6.35. The molecule has 1 aliphatic heterocycles. The molecular formula is C25H23FN2O4. The number of hydrogen-bond acceptors (Lipinski definition) is 6. The number of carbonyl (C=O) groups excluding carboxylic acids is 1. The Bertz CT molecular complexity index is 1250. The van der Waals surface area contributed by atoms with E-state index >= 15 is 0 Å². The zero-order chi connectivity index (χ0) is 22.4. The van der Waals surface area contributed by atoms with Crippen molar-refractivity contribution in [1.29, 1.82) is 0 Å². The Morgan fingerprint density at radius 2 is 1.88 bits per heavy atom. The highest BCUT2D eigenvalue weighted by Gasteiger charge is 2.42. The molecular weight excluding hydrogens is 411 g/mol. The average Bonchev–Trinajstić information content (AvgIpc) is 3.17. The molecule has 1 aliphatic carbocycles. The molecule has 2 heterocycles. The zero-order valence-electron chi connectivity index (χ0n) is 18.1. The highest BCUT2D eigenvalue weighted by molar-refractivity contribution is 6.01. The first-order chi connectivity index (χ1) is 15.5. The molecule has 2 aromatic carbocycles. The van der Waals surface area contributed by atoms with Crippen molar-refractivity contribution in [3.05, 3.63) is 81.9 Å². The van der Waals surface area contributed by atoms with Crippen LogP contribution in [-0.4, -0.2) is 25.2 Å². The number of aryl methyl sites for hydroxylation is 1. The number of nitrogens with one attached hydrogen (secondary N) is 1. The van der Waals surface area contributed by atoms with Gasteiger partial charge in [-0.3, -0.25) is 4.79 Å². The summed E-state index contributed by atoms with van der Waals surface area (Å²) in [4.78, 5) is 13.5. The second kappa shape index (κ2) is 7.82. The Hall–Kier alpha value is -3.61. The molecule has 0 bridgehead atoms. The maximum Gasteiger partial charge on any atom is 0.233 e. The number of carbonyl (C=O) groups is 1. The molecule has 2 aliphatic rings. The quantitative estimate of drug-likeness (QED) is 0.616. The maximum atomic E-state index is 14.9. The molecule has 5 rings (SSSR count). The molecule has 0 spiro atoms. The maximum absolute atomic E-state index is 14.9. The van der Waals surface area contributed by atoms with E-state index in [-0.39, 0.29) is 17.5 Å². The van der Waals surface area contributed by atoms with E-state index in [0.29, 0.717) is 52.6 Å². The summed E-state index contributed by atoms with van der Waals surface area (Å²) in [6.45, 7) is 1.81. The molecule has 6 nitrogen and oxygen atoms in total. The van der Waals surface area contributed by atoms with E-state index in [4.69, 9.17) is 14.0 Å². The van der Waals surface area contributed by atoms with Crippen molar-refractivity contribution in [3.63, 3.8) is 0 Å². The normalized spacial score (nSPS) is 19.8. The minimum Gasteiger partial charge on any atom is -0.493 e. The van der Waals surface area contributed by atoms with Crippen LogP contribution >= 0.6 is 0 Å². The van der Waals surface area contributed by atoms with Crippen LogP contribution in [0.25, 0.3) is 0 Å². The fourth-order valence-corrected chi connectivity index (χ4v) is 4.84. The lowest BCUT2D eigenvalue weighted by atomic mass is 9.72. The van der Waals surface area contributed by atoms with Gasteiger partial charge in [0.1, 0.15) is 5.82 Å². The van der Waals surface area contributed by atoms with Crippen LogP contribution in [0.5, 0.6) is 11.5 Å². The smallest absolute Gasteiger partial charge is 0.233 e. The van der Waals surface area contributed by atoms with Gasteiger partial charge in [-0.25, -0.2) is 4.39 Å². The minimum atomic E-state index is -0.549. The summed E-state index contributed by atoms with van der Waals surface area (Å²) in [5.41, 5.74) is 4.12. The summed E-state index contributed by atoms with van der Waals surface area (Å²) in [6, 6.07) is 12.3. The Morgan fingerprint density at radius 3 is 2.62 bits per heavy atom. The number of nitrogens with zero attached hydrogens (tertiary/aromatic N) is 1. The van der Waals surface area contributed by atoms with Crippen LogP contribution in [0.15, 0.2) is 58.3 Å². The van der Waals surface area contributed by atoms with Crippen LogP contribution < -0.4 is 14.8 Å². The molecule has 164 valence electrons. The van der Waals surface area contributed by atoms with Gasteiger partial charge in [0.25, 0.3) is 0 Å². The molecule has 32 heavy (non-hydrogen) atoms. The average molecular weight is 434 g/mol. The fraction of sp³-hybridized carbons (Fsp3) is 0.280. The van der Waals surface area contributed by atoms with E-state index in [2.05, 4.69) is 10.5 Å². The number of anilines is 1. The largest absolute Gasteiger partial charge is 0.493 e. The van der Waals surface area contributed by atoms with Gasteiger partial charge in [-0.15, -0.1) is 0 Å². The Morgan fingerprint density at radius 1 is 1.09 bits per heavy atom. The number of methoxy groups -OCH3 is 2. The number of Topliss-reactive ketones (excluding diaryl/α,β-unsaturated/α-hetero) is 1. The minimum absolute atomic E-state index is 0.0157. The fourth-order valence-electron chi connectivity index (χ4n) is 4.84. The van der Waals surface area contributed by atoms with Crippen molar-refractivity contribution >= 4 is 11.7 Å². The number of benzene rings is 2. The van der Waals surface area contributed by atoms with Crippen LogP contribution in [0, 0.1) is 12.7 Å². The summed E-state index contributed by atoms with van der Waals surface area (Å²) in [5.74, 6) is 0.746. The Labute approximate surface area is 185 Å². The van der Waals surface area contributed by atoms with E-state index < -0.39 is 5.92 Å². The first kappa shape index (κ1) is 20.3. The number of rotatable bonds is 4. The third kappa shape index (κ3) is 3.16. The molecule has 0 radical (unpaired) electrons. The van der Waals surface area contributed by atoms with Crippen LogP contribution in [0.1, 0.15) is 47.1 Å². The zero-order valence-corrected chi connectivity index (χ0v) is 18.1. The summed E-state index contributed by atoms with van der Waals surface area (Å²) in [5, 5.41) is 7.35. The summed E-state index contributed by atoms with van der Waals surface area (Å²) >= 11 is 0. The van der Waals surface area contributed by atoms with Crippen molar-refractivity contribution in [1.82, 2.24) is 5.16 Å². The molecule has 2 atom stereocenters. The van der Waals surface area contributed by atoms with Gasteiger partial charge >= 0.3 is 0 Å². The van der Waals surface area contributed by atoms with Crippen molar-refractivity contribution < 1.29 is 23.2 Å². The van der Waals surface area contributed by atoms with Crippen molar-refractivity contribution in [2.45, 2.75) is 31.6 Å². The van der Waals surface area contributed by atoms with Gasteiger partial charge in [0.2, 0.25) is 5.88 Å². The molecule has 0 fully saturated rings. The number of hydrogen-bond donors (Lipinski definition) is 1. The lowest BCUT2D eigenvalue weighted by Crippen LogP contribution is -2.30. The summed E-state index contributed by atoms with van der Waals surface area (Å²) in [6.07, 6.45) is 0.904. The van der Waals surface area contributed by atoms with Crippen molar-refractivity contribution in [3.8, 4) is 11.5 Å². The van der Waals surface area contributed by atoms with Gasteiger partial charge in [0.15, 0.2) is 17.3 Å². The third-order valence-electron chi connectivity index (χ3n) is 6.35. The number of halogens is 1. The molecule has 1 N–H and O–H groups in total. The number of ketones is 1. The van der Waals surface area contributed by atoms with E-state index in [1.165, 1.54) is 6.07 Å². The molecule has 0 saturated carbocycles. The molecule has 0 amide bonds. The predicted octanol–water partition coefficient (Wildman–Crippen LogP) is 5.10. The monoisotopic (exact) mass is 434 g/mol. The van der Waals surface area contributed by atoms with Crippen LogP contribution in [-0.2, 0) is 4.79 Å². The standard InChI is InChI=1S/C25H23FN2O4/c1-13-22-23(16-6-4-5-7-17(16)26)24-18(27-25(22)32-28-13)10-15(11-19(24)29)14-8-9-20(30-2)21(12-14)31-3/h4-9,12,15,23,27H,10-11H2,1-3H3/t15-,23-/m0/s1. The number of aromatic nitrogens is 1. The lowest BCUT2D eigenvalue weighted by molar-refractivity contribution is -0.116. The molecule has 1 aromatic heterocycles. The summed E-state index contributed by atoms with van der Waals surface area (Å²) in [7, 11) is 3.17. The van der Waals surface area contributed by atoms with Gasteiger partial charge in [-0.2, -0.15) is 0 Å². The number of allylic oxidation sites excluding steroid dienone is 2. The van der Waals surface area contributed by atoms with Crippen LogP contribution in [0.2, 0.25) is 0 Å². The Kier molecular flexibility index (Phi) is 4.96. The highest BCUT2D eigenvalue weighted by atomic mass is 19.1. The molecule has 3 aromatic rings. The second-order valence-corrected chi connectivity index (χ2v) is 8.13. The molecule has 0 saturated heterocycles. The SMILES string of the molecule is COc1ccc([C@@H]2CC(=O)C3=C(C2)Nc2onc(C)c2[C@@H]3c2ccccc2F)cc1OC. The number of ether oxygens (including phenoxy) is 2. The lowest BCUT2D eigenvalue weighted by Gasteiger charge is -2.34. The topological polar surface area (TPSA) is 73.6 Å². The summed E-state index contributed by atoms with van der Waals surface area (Å²) < 4.78 is 31.1. The van der Waals surface area contributed by atoms with E-state index in [1.807, 2.05) is 25.1 Å². The van der Waals surface area contributed by atoms with Gasteiger partial charge in [0, 0.05) is 29.2 Å². The van der Waals surface area contributed by atoms with Gasteiger partial charge in [-0.05, 0) is 43.0 Å². The first-order valence-electron chi connectivity index (χ1n) is 10.5. The van der Waals surface area contributed by atoms with Crippen LogP contribution in [0.3, 0.4) is 0 Å². The highest BCUT2D eigenvalue weighted by Crippen LogP contribution is 2.49. The van der Waals surface area contributed by atoms with Gasteiger partial charge in [0.05, 0.1) is 25.5 Å². The predicted molar refractivity (Wildman–Crippen MR) is 117 cm³/mol. The Balaban J connectivity index is 1.59. The van der Waals surface area contributed by atoms with E-state index in [0.717, 1.165) is 11.3 Å².